The summed E-state index contributed by atoms with van der Waals surface area (Å²) in [5.41, 5.74) is 3.54. The number of rotatable bonds is 10. The highest BCUT2D eigenvalue weighted by Gasteiger charge is 2.20. The minimum Gasteiger partial charge on any atom is -0.396 e. The van der Waals surface area contributed by atoms with Gasteiger partial charge in [-0.15, -0.1) is 11.3 Å². The summed E-state index contributed by atoms with van der Waals surface area (Å²) in [6, 6.07) is 12.2. The second kappa shape index (κ2) is 10.4. The molecule has 0 saturated heterocycles. The van der Waals surface area contributed by atoms with Gasteiger partial charge in [-0.3, -0.25) is 4.79 Å². The smallest absolute Gasteiger partial charge is 0.251 e. The Balaban J connectivity index is 1.66. The Morgan fingerprint density at radius 1 is 1.19 bits per heavy atom. The van der Waals surface area contributed by atoms with E-state index in [1.54, 1.807) is 22.7 Å². The second-order valence-electron chi connectivity index (χ2n) is 7.92. The molecule has 0 aliphatic rings. The Kier molecular flexibility index (Phi) is 7.40. The van der Waals surface area contributed by atoms with Gasteiger partial charge in [-0.05, 0) is 71.3 Å². The quantitative estimate of drug-likeness (QED) is 0.302. The number of aliphatic hydroxyl groups excluding tert-OH is 1. The molecule has 0 bridgehead atoms. The van der Waals surface area contributed by atoms with Crippen molar-refractivity contribution in [3.05, 3.63) is 74.4 Å². The highest BCUT2D eigenvalue weighted by Crippen LogP contribution is 2.29. The van der Waals surface area contributed by atoms with Gasteiger partial charge in [0.15, 0.2) is 0 Å². The molecular weight excluding hydrogens is 438 g/mol. The molecular formula is C25H29N3O2S2. The van der Waals surface area contributed by atoms with E-state index in [0.717, 1.165) is 41.7 Å². The van der Waals surface area contributed by atoms with Gasteiger partial charge in [0, 0.05) is 29.5 Å². The monoisotopic (exact) mass is 467 g/mol. The van der Waals surface area contributed by atoms with E-state index in [1.807, 2.05) is 35.0 Å². The van der Waals surface area contributed by atoms with Gasteiger partial charge in [0.2, 0.25) is 0 Å². The summed E-state index contributed by atoms with van der Waals surface area (Å²) in [6.45, 7) is 4.44. The molecule has 1 unspecified atom stereocenters. The molecule has 0 saturated carbocycles. The van der Waals surface area contributed by atoms with E-state index in [2.05, 4.69) is 41.2 Å². The van der Waals surface area contributed by atoms with Crippen molar-refractivity contribution in [3.63, 3.8) is 0 Å². The SMILES string of the molecule is CCC(CC)n1c(Cc2cccs2)nc2cc(C(=O)NC(CCO)c3ccsc3)ccc21. The maximum atomic E-state index is 13.0. The summed E-state index contributed by atoms with van der Waals surface area (Å²) in [7, 11) is 0. The molecule has 7 heteroatoms. The van der Waals surface area contributed by atoms with Crippen LogP contribution in [-0.2, 0) is 6.42 Å². The first-order valence-corrected chi connectivity index (χ1v) is 12.9. The van der Waals surface area contributed by atoms with Crippen molar-refractivity contribution < 1.29 is 9.90 Å². The number of carbonyl (C=O) groups is 1. The molecule has 2 N–H and O–H groups in total. The van der Waals surface area contributed by atoms with Crippen LogP contribution in [0.1, 0.15) is 71.8 Å². The Hall–Kier alpha value is -2.48. The Labute approximate surface area is 196 Å². The summed E-state index contributed by atoms with van der Waals surface area (Å²) in [5, 5.41) is 18.6. The van der Waals surface area contributed by atoms with Gasteiger partial charge in [0.25, 0.3) is 5.91 Å². The van der Waals surface area contributed by atoms with Gasteiger partial charge < -0.3 is 15.0 Å². The standard InChI is InChI=1S/C25H29N3O2S2/c1-3-19(4-2)28-23-8-7-17(14-22(23)26-24(28)15-20-6-5-12-32-20)25(30)27-21(9-11-29)18-10-13-31-16-18/h5-8,10,12-14,16,19,21,29H,3-4,9,11,15H2,1-2H3,(H,27,30). The number of aliphatic hydroxyl groups is 1. The number of carbonyl (C=O) groups excluding carboxylic acids is 1. The van der Waals surface area contributed by atoms with Crippen LogP contribution in [-0.4, -0.2) is 27.2 Å². The van der Waals surface area contributed by atoms with Crippen molar-refractivity contribution in [3.8, 4) is 0 Å². The number of aromatic nitrogens is 2. The molecule has 168 valence electrons. The summed E-state index contributed by atoms with van der Waals surface area (Å²) in [4.78, 5) is 19.3. The van der Waals surface area contributed by atoms with E-state index in [4.69, 9.17) is 4.98 Å². The van der Waals surface area contributed by atoms with Crippen LogP contribution in [0.15, 0.2) is 52.5 Å². The summed E-state index contributed by atoms with van der Waals surface area (Å²) in [5.74, 6) is 0.901. The summed E-state index contributed by atoms with van der Waals surface area (Å²) >= 11 is 3.33. The predicted molar refractivity (Wildman–Crippen MR) is 133 cm³/mol. The molecule has 0 aliphatic carbocycles. The molecule has 1 atom stereocenters. The Morgan fingerprint density at radius 3 is 2.69 bits per heavy atom. The number of fused-ring (bicyclic) bond motifs is 1. The summed E-state index contributed by atoms with van der Waals surface area (Å²) in [6.07, 6.45) is 3.34. The molecule has 4 aromatic rings. The highest BCUT2D eigenvalue weighted by molar-refractivity contribution is 7.09. The fraction of sp³-hybridized carbons (Fsp3) is 0.360. The van der Waals surface area contributed by atoms with E-state index in [9.17, 15) is 9.90 Å². The molecule has 1 amide bonds. The van der Waals surface area contributed by atoms with Gasteiger partial charge in [-0.25, -0.2) is 4.98 Å². The van der Waals surface area contributed by atoms with Gasteiger partial charge in [0.1, 0.15) is 5.82 Å². The van der Waals surface area contributed by atoms with Crippen LogP contribution < -0.4 is 5.32 Å². The average Bonchev–Trinajstić information content (AvgIpc) is 3.56. The first kappa shape index (κ1) is 22.7. The first-order valence-electron chi connectivity index (χ1n) is 11.1. The number of hydrogen-bond donors (Lipinski definition) is 2. The fourth-order valence-electron chi connectivity index (χ4n) is 4.21. The zero-order valence-corrected chi connectivity index (χ0v) is 20.1. The van der Waals surface area contributed by atoms with E-state index in [1.165, 1.54) is 4.88 Å². The van der Waals surface area contributed by atoms with E-state index < -0.39 is 0 Å². The number of hydrogen-bond acceptors (Lipinski definition) is 5. The lowest BCUT2D eigenvalue weighted by Gasteiger charge is -2.19. The number of nitrogens with zero attached hydrogens (tertiary/aromatic N) is 2. The lowest BCUT2D eigenvalue weighted by Crippen LogP contribution is -2.29. The molecule has 0 fully saturated rings. The third-order valence-corrected chi connectivity index (χ3v) is 7.49. The second-order valence-corrected chi connectivity index (χ2v) is 9.74. The van der Waals surface area contributed by atoms with Crippen molar-refractivity contribution in [2.24, 2.45) is 0 Å². The molecule has 0 spiro atoms. The molecule has 4 rings (SSSR count). The van der Waals surface area contributed by atoms with Crippen molar-refractivity contribution in [2.45, 2.75) is 51.6 Å². The number of nitrogens with one attached hydrogen (secondary N) is 1. The molecule has 0 radical (unpaired) electrons. The fourth-order valence-corrected chi connectivity index (χ4v) is 5.63. The van der Waals surface area contributed by atoms with Gasteiger partial charge in [0.05, 0.1) is 17.1 Å². The molecule has 0 aliphatic heterocycles. The van der Waals surface area contributed by atoms with Crippen LogP contribution >= 0.6 is 22.7 Å². The largest absolute Gasteiger partial charge is 0.396 e. The van der Waals surface area contributed by atoms with Crippen LogP contribution in [0.2, 0.25) is 0 Å². The molecule has 3 aromatic heterocycles. The Bertz CT molecular complexity index is 1150. The van der Waals surface area contributed by atoms with Crippen LogP contribution in [0.25, 0.3) is 11.0 Å². The van der Waals surface area contributed by atoms with Crippen LogP contribution in [0.3, 0.4) is 0 Å². The average molecular weight is 468 g/mol. The zero-order valence-electron chi connectivity index (χ0n) is 18.5. The lowest BCUT2D eigenvalue weighted by molar-refractivity contribution is 0.0930. The van der Waals surface area contributed by atoms with Crippen molar-refractivity contribution in [1.82, 2.24) is 14.9 Å². The van der Waals surface area contributed by atoms with Crippen LogP contribution in [0, 0.1) is 0 Å². The van der Waals surface area contributed by atoms with E-state index >= 15 is 0 Å². The topological polar surface area (TPSA) is 67.2 Å². The maximum Gasteiger partial charge on any atom is 0.251 e. The van der Waals surface area contributed by atoms with Crippen molar-refractivity contribution in [1.29, 1.82) is 0 Å². The van der Waals surface area contributed by atoms with Crippen molar-refractivity contribution in [2.75, 3.05) is 6.61 Å². The van der Waals surface area contributed by atoms with Gasteiger partial charge in [-0.2, -0.15) is 11.3 Å². The Morgan fingerprint density at radius 2 is 2.03 bits per heavy atom. The normalized spacial score (nSPS) is 12.5. The minimum atomic E-state index is -0.203. The minimum absolute atomic E-state index is 0.0196. The van der Waals surface area contributed by atoms with Crippen molar-refractivity contribution >= 4 is 39.6 Å². The maximum absolute atomic E-state index is 13.0. The van der Waals surface area contributed by atoms with Crippen LogP contribution in [0.5, 0.6) is 0 Å². The molecule has 3 heterocycles. The third kappa shape index (κ3) is 4.80. The third-order valence-electron chi connectivity index (χ3n) is 5.91. The van der Waals surface area contributed by atoms with E-state index in [0.29, 0.717) is 18.0 Å². The summed E-state index contributed by atoms with van der Waals surface area (Å²) < 4.78 is 2.36. The molecule has 32 heavy (non-hydrogen) atoms. The number of imidazole rings is 1. The number of amides is 1. The highest BCUT2D eigenvalue weighted by atomic mass is 32.1. The van der Waals surface area contributed by atoms with Crippen LogP contribution in [0.4, 0.5) is 0 Å². The number of thiophene rings is 2. The molecule has 1 aromatic carbocycles. The lowest BCUT2D eigenvalue weighted by atomic mass is 10.1. The predicted octanol–water partition coefficient (Wildman–Crippen LogP) is 5.96. The van der Waals surface area contributed by atoms with E-state index in [-0.39, 0.29) is 18.6 Å². The first-order chi connectivity index (χ1) is 15.6. The number of benzene rings is 1. The zero-order chi connectivity index (χ0) is 22.5. The van der Waals surface area contributed by atoms with Gasteiger partial charge in [-0.1, -0.05) is 19.9 Å². The molecule has 5 nitrogen and oxygen atoms in total. The van der Waals surface area contributed by atoms with Gasteiger partial charge >= 0.3 is 0 Å².